The van der Waals surface area contributed by atoms with Crippen LogP contribution in [0.4, 0.5) is 5.69 Å². The van der Waals surface area contributed by atoms with E-state index in [2.05, 4.69) is 10.4 Å². The summed E-state index contributed by atoms with van der Waals surface area (Å²) in [5.41, 5.74) is 4.81. The van der Waals surface area contributed by atoms with Gasteiger partial charge in [-0.25, -0.2) is 18.1 Å². The number of hydrogen-bond donors (Lipinski definition) is 1. The molecule has 3 heterocycles. The van der Waals surface area contributed by atoms with Gasteiger partial charge in [0, 0.05) is 11.3 Å². The highest BCUT2D eigenvalue weighted by Gasteiger charge is 2.32. The number of ether oxygens (including phenoxy) is 1. The van der Waals surface area contributed by atoms with Crippen LogP contribution in [-0.2, 0) is 9.84 Å². The summed E-state index contributed by atoms with van der Waals surface area (Å²) in [4.78, 5) is 18.4. The summed E-state index contributed by atoms with van der Waals surface area (Å²) < 4.78 is 31.2. The molecule has 1 N–H and O–H groups in total. The number of hydrogen-bond acceptors (Lipinski definition) is 6. The second-order valence-corrected chi connectivity index (χ2v) is 11.1. The Hall–Kier alpha value is -3.72. The van der Waals surface area contributed by atoms with E-state index < -0.39 is 9.84 Å². The van der Waals surface area contributed by atoms with E-state index in [4.69, 9.17) is 9.72 Å². The Morgan fingerprint density at radius 3 is 2.43 bits per heavy atom. The Morgan fingerprint density at radius 2 is 1.80 bits per heavy atom. The zero-order valence-electron chi connectivity index (χ0n) is 19.8. The molecule has 180 valence electrons. The molecule has 2 aromatic heterocycles. The molecule has 2 aromatic carbocycles. The number of methoxy groups -OCH3 is 1. The van der Waals surface area contributed by atoms with Crippen molar-refractivity contribution in [1.29, 1.82) is 0 Å². The molecule has 9 heteroatoms. The molecule has 1 fully saturated rings. The Labute approximate surface area is 203 Å². The zero-order chi connectivity index (χ0) is 24.7. The molecule has 1 saturated heterocycles. The summed E-state index contributed by atoms with van der Waals surface area (Å²) in [7, 11) is -1.53. The van der Waals surface area contributed by atoms with Crippen LogP contribution < -0.4 is 10.1 Å². The smallest absolute Gasteiger partial charge is 0.256 e. The van der Waals surface area contributed by atoms with Gasteiger partial charge in [0.25, 0.3) is 5.91 Å². The predicted octanol–water partition coefficient (Wildman–Crippen LogP) is 4.34. The Morgan fingerprint density at radius 1 is 1.09 bits per heavy atom. The minimum absolute atomic E-state index is 0.0209. The fraction of sp³-hybridized carbons (Fsp3) is 0.269. The lowest BCUT2D eigenvalue weighted by molar-refractivity contribution is 0.102. The third-order valence-corrected chi connectivity index (χ3v) is 8.08. The van der Waals surface area contributed by atoms with Gasteiger partial charge in [-0.3, -0.25) is 4.79 Å². The van der Waals surface area contributed by atoms with Crippen LogP contribution in [0, 0.1) is 13.8 Å². The first-order valence-electron chi connectivity index (χ1n) is 11.4. The van der Waals surface area contributed by atoms with Crippen molar-refractivity contribution < 1.29 is 17.9 Å². The number of nitrogens with zero attached hydrogens (tertiary/aromatic N) is 3. The SMILES string of the molecule is COc1ccc(NC(=O)c2cc(-c3ccc(C)cc3)nc3c2c(C)nn3C2CCS(=O)(=O)C2)cc1. The number of rotatable bonds is 5. The molecule has 1 unspecified atom stereocenters. The van der Waals surface area contributed by atoms with E-state index in [1.165, 1.54) is 0 Å². The Balaban J connectivity index is 1.64. The Kier molecular flexibility index (Phi) is 5.80. The molecule has 1 amide bonds. The zero-order valence-corrected chi connectivity index (χ0v) is 20.6. The van der Waals surface area contributed by atoms with Gasteiger partial charge in [-0.1, -0.05) is 29.8 Å². The average Bonchev–Trinajstić information content (AvgIpc) is 3.38. The molecule has 4 aromatic rings. The second-order valence-electron chi connectivity index (χ2n) is 8.89. The minimum Gasteiger partial charge on any atom is -0.497 e. The number of carbonyl (C=O) groups excluding carboxylic acids is 1. The highest BCUT2D eigenvalue weighted by atomic mass is 32.2. The number of carbonyl (C=O) groups is 1. The summed E-state index contributed by atoms with van der Waals surface area (Å²) in [6.45, 7) is 3.83. The maximum absolute atomic E-state index is 13.5. The normalized spacial score (nSPS) is 16.9. The summed E-state index contributed by atoms with van der Waals surface area (Å²) >= 11 is 0. The van der Waals surface area contributed by atoms with Crippen molar-refractivity contribution in [3.8, 4) is 17.0 Å². The van der Waals surface area contributed by atoms with Crippen LogP contribution in [0.5, 0.6) is 5.75 Å². The number of nitrogens with one attached hydrogen (secondary N) is 1. The Bertz CT molecular complexity index is 1520. The van der Waals surface area contributed by atoms with Crippen molar-refractivity contribution >= 4 is 32.5 Å². The van der Waals surface area contributed by atoms with Gasteiger partial charge >= 0.3 is 0 Å². The quantitative estimate of drug-likeness (QED) is 0.447. The molecule has 1 atom stereocenters. The molecule has 1 aliphatic heterocycles. The van der Waals surface area contributed by atoms with Crippen LogP contribution in [0.15, 0.2) is 54.6 Å². The first-order valence-corrected chi connectivity index (χ1v) is 13.2. The highest BCUT2D eigenvalue weighted by Crippen LogP contribution is 2.32. The third-order valence-electron chi connectivity index (χ3n) is 6.33. The molecular formula is C26H26N4O4S. The standard InChI is InChI=1S/C26H26N4O4S/c1-16-4-6-18(7-5-16)23-14-22(26(31)27-19-8-10-21(34-3)11-9-19)24-17(2)29-30(25(24)28-23)20-12-13-35(32,33)15-20/h4-11,14,20H,12-13,15H2,1-3H3,(H,27,31). The van der Waals surface area contributed by atoms with Gasteiger partial charge in [0.2, 0.25) is 0 Å². The average molecular weight is 491 g/mol. The number of aryl methyl sites for hydroxylation is 2. The first kappa shape index (κ1) is 23.0. The topological polar surface area (TPSA) is 103 Å². The summed E-state index contributed by atoms with van der Waals surface area (Å²) in [5.74, 6) is 0.547. The number of anilines is 1. The van der Waals surface area contributed by atoms with E-state index in [9.17, 15) is 13.2 Å². The van der Waals surface area contributed by atoms with Crippen LogP contribution in [0.1, 0.15) is 34.1 Å². The van der Waals surface area contributed by atoms with Gasteiger partial charge < -0.3 is 10.1 Å². The molecule has 0 saturated carbocycles. The predicted molar refractivity (Wildman–Crippen MR) is 136 cm³/mol. The largest absolute Gasteiger partial charge is 0.497 e. The van der Waals surface area contributed by atoms with Crippen molar-refractivity contribution in [3.05, 3.63) is 71.4 Å². The van der Waals surface area contributed by atoms with Crippen LogP contribution in [0.2, 0.25) is 0 Å². The van der Waals surface area contributed by atoms with E-state index in [1.807, 2.05) is 38.1 Å². The number of amides is 1. The summed E-state index contributed by atoms with van der Waals surface area (Å²) in [6, 6.07) is 16.5. The van der Waals surface area contributed by atoms with Crippen molar-refractivity contribution in [2.45, 2.75) is 26.3 Å². The maximum atomic E-state index is 13.5. The van der Waals surface area contributed by atoms with Gasteiger partial charge in [-0.15, -0.1) is 0 Å². The molecular weight excluding hydrogens is 464 g/mol. The van der Waals surface area contributed by atoms with E-state index >= 15 is 0 Å². The molecule has 1 aliphatic rings. The van der Waals surface area contributed by atoms with Gasteiger partial charge in [0.15, 0.2) is 15.5 Å². The maximum Gasteiger partial charge on any atom is 0.256 e. The van der Waals surface area contributed by atoms with E-state index in [1.54, 1.807) is 42.1 Å². The van der Waals surface area contributed by atoms with Gasteiger partial charge in [0.1, 0.15) is 5.75 Å². The molecule has 0 aliphatic carbocycles. The highest BCUT2D eigenvalue weighted by molar-refractivity contribution is 7.91. The first-order chi connectivity index (χ1) is 16.7. The summed E-state index contributed by atoms with van der Waals surface area (Å²) in [6.07, 6.45) is 0.475. The molecule has 5 rings (SSSR count). The van der Waals surface area contributed by atoms with Crippen LogP contribution in [0.3, 0.4) is 0 Å². The minimum atomic E-state index is -3.12. The van der Waals surface area contributed by atoms with Crippen LogP contribution in [-0.4, -0.2) is 47.7 Å². The van der Waals surface area contributed by atoms with Gasteiger partial charge in [0.05, 0.1) is 47.0 Å². The molecule has 35 heavy (non-hydrogen) atoms. The molecule has 8 nitrogen and oxygen atoms in total. The third kappa shape index (κ3) is 4.51. The van der Waals surface area contributed by atoms with Gasteiger partial charge in [-0.05, 0) is 50.6 Å². The van der Waals surface area contributed by atoms with Crippen molar-refractivity contribution in [2.75, 3.05) is 23.9 Å². The van der Waals surface area contributed by atoms with E-state index in [0.717, 1.165) is 11.1 Å². The molecule has 0 spiro atoms. The fourth-order valence-electron chi connectivity index (χ4n) is 4.46. The summed E-state index contributed by atoms with van der Waals surface area (Å²) in [5, 5.41) is 8.23. The molecule has 0 radical (unpaired) electrons. The lowest BCUT2D eigenvalue weighted by Gasteiger charge is -2.13. The second kappa shape index (κ2) is 8.81. The lowest BCUT2D eigenvalue weighted by atomic mass is 10.0. The van der Waals surface area contributed by atoms with Crippen LogP contribution >= 0.6 is 0 Å². The van der Waals surface area contributed by atoms with Gasteiger partial charge in [-0.2, -0.15) is 5.10 Å². The number of sulfone groups is 1. The van der Waals surface area contributed by atoms with E-state index in [0.29, 0.717) is 45.8 Å². The monoisotopic (exact) mass is 490 g/mol. The number of fused-ring (bicyclic) bond motifs is 1. The number of aromatic nitrogens is 3. The molecule has 0 bridgehead atoms. The van der Waals surface area contributed by atoms with Crippen molar-refractivity contribution in [2.24, 2.45) is 0 Å². The lowest BCUT2D eigenvalue weighted by Crippen LogP contribution is -2.15. The van der Waals surface area contributed by atoms with Crippen molar-refractivity contribution in [3.63, 3.8) is 0 Å². The van der Waals surface area contributed by atoms with E-state index in [-0.39, 0.29) is 23.5 Å². The number of pyridine rings is 1. The fourth-order valence-corrected chi connectivity index (χ4v) is 6.15. The van der Waals surface area contributed by atoms with Crippen molar-refractivity contribution in [1.82, 2.24) is 14.8 Å². The number of benzene rings is 2. The van der Waals surface area contributed by atoms with Crippen LogP contribution in [0.25, 0.3) is 22.3 Å².